The highest BCUT2D eigenvalue weighted by molar-refractivity contribution is 8.26. The molecule has 0 spiro atoms. The third kappa shape index (κ3) is 4.82. The molecule has 1 aromatic heterocycles. The van der Waals surface area contributed by atoms with E-state index in [2.05, 4.69) is 5.32 Å². The zero-order valence-electron chi connectivity index (χ0n) is 13.9. The number of thiocarbonyl (C=S) groups is 1. The molecular formula is C18H14N2O4S3. The third-order valence-corrected chi connectivity index (χ3v) is 5.84. The number of nitrogens with zero attached hydrogens (tertiary/aromatic N) is 1. The fourth-order valence-corrected chi connectivity index (χ4v) is 4.39. The smallest absolute Gasteiger partial charge is 0.335 e. The predicted molar refractivity (Wildman–Crippen MR) is 111 cm³/mol. The van der Waals surface area contributed by atoms with Crippen molar-refractivity contribution in [3.05, 3.63) is 57.1 Å². The molecule has 0 bridgehead atoms. The number of carbonyl (C=O) groups is 3. The molecule has 1 aliphatic rings. The zero-order valence-corrected chi connectivity index (χ0v) is 16.3. The highest BCUT2D eigenvalue weighted by Crippen LogP contribution is 2.33. The van der Waals surface area contributed by atoms with E-state index in [0.29, 0.717) is 14.9 Å². The molecule has 0 saturated carbocycles. The molecule has 1 fully saturated rings. The molecule has 27 heavy (non-hydrogen) atoms. The van der Waals surface area contributed by atoms with Gasteiger partial charge in [-0.3, -0.25) is 14.5 Å². The van der Waals surface area contributed by atoms with Gasteiger partial charge in [0.1, 0.15) is 4.32 Å². The largest absolute Gasteiger partial charge is 0.478 e. The number of thiophene rings is 1. The van der Waals surface area contributed by atoms with Crippen LogP contribution in [0.3, 0.4) is 0 Å². The number of benzene rings is 1. The van der Waals surface area contributed by atoms with Crippen molar-refractivity contribution in [1.29, 1.82) is 0 Å². The number of carboxylic acid groups (broad SMARTS) is 1. The highest BCUT2D eigenvalue weighted by Gasteiger charge is 2.32. The minimum atomic E-state index is -1.07. The van der Waals surface area contributed by atoms with Gasteiger partial charge in [-0.15, -0.1) is 11.3 Å². The number of amides is 2. The Morgan fingerprint density at radius 2 is 2.07 bits per heavy atom. The van der Waals surface area contributed by atoms with Gasteiger partial charge in [0.25, 0.3) is 5.91 Å². The Balaban J connectivity index is 1.59. The van der Waals surface area contributed by atoms with Gasteiger partial charge < -0.3 is 10.4 Å². The first-order valence-corrected chi connectivity index (χ1v) is 9.96. The van der Waals surface area contributed by atoms with E-state index in [1.165, 1.54) is 40.1 Å². The van der Waals surface area contributed by atoms with Crippen LogP contribution in [0.25, 0.3) is 6.08 Å². The summed E-state index contributed by atoms with van der Waals surface area (Å²) >= 11 is 8.00. The number of thioether (sulfide) groups is 1. The lowest BCUT2D eigenvalue weighted by Crippen LogP contribution is -2.31. The first-order valence-electron chi connectivity index (χ1n) is 7.86. The molecule has 9 heteroatoms. The van der Waals surface area contributed by atoms with Gasteiger partial charge in [-0.1, -0.05) is 36.1 Å². The minimum absolute atomic E-state index is 0.0516. The standard InChI is InChI=1S/C18H14N2O4S3/c21-15(19-12-4-1-3-11(9-12)17(23)24)6-7-20-16(22)14(27-18(20)25)10-13-5-2-8-26-13/h1-5,8-10H,6-7H2,(H,19,21)(H,23,24)/b14-10+. The molecule has 1 saturated heterocycles. The van der Waals surface area contributed by atoms with Gasteiger partial charge in [0.05, 0.1) is 10.5 Å². The summed E-state index contributed by atoms with van der Waals surface area (Å²) in [6, 6.07) is 9.79. The van der Waals surface area contributed by atoms with E-state index < -0.39 is 5.97 Å². The molecule has 2 aromatic rings. The van der Waals surface area contributed by atoms with E-state index in [0.717, 1.165) is 4.88 Å². The number of hydrogen-bond acceptors (Lipinski definition) is 6. The van der Waals surface area contributed by atoms with Crippen LogP contribution < -0.4 is 5.32 Å². The summed E-state index contributed by atoms with van der Waals surface area (Å²) in [6.45, 7) is 0.164. The fourth-order valence-electron chi connectivity index (χ4n) is 2.36. The lowest BCUT2D eigenvalue weighted by Gasteiger charge is -2.14. The van der Waals surface area contributed by atoms with Crippen LogP contribution in [0.4, 0.5) is 5.69 Å². The molecular weight excluding hydrogens is 404 g/mol. The lowest BCUT2D eigenvalue weighted by molar-refractivity contribution is -0.122. The summed E-state index contributed by atoms with van der Waals surface area (Å²) in [7, 11) is 0. The molecule has 0 unspecified atom stereocenters. The molecule has 0 radical (unpaired) electrons. The van der Waals surface area contributed by atoms with Gasteiger partial charge in [0.15, 0.2) is 0 Å². The van der Waals surface area contributed by atoms with E-state index >= 15 is 0 Å². The van der Waals surface area contributed by atoms with Crippen molar-refractivity contribution in [2.45, 2.75) is 6.42 Å². The maximum absolute atomic E-state index is 12.5. The molecule has 0 atom stereocenters. The average Bonchev–Trinajstić information content (AvgIpc) is 3.23. The second-order valence-corrected chi connectivity index (χ2v) is 8.19. The second kappa shape index (κ2) is 8.47. The van der Waals surface area contributed by atoms with Crippen LogP contribution in [0, 0.1) is 0 Å². The Hall–Kier alpha value is -2.49. The van der Waals surface area contributed by atoms with Crippen LogP contribution in [0.1, 0.15) is 21.7 Å². The summed E-state index contributed by atoms with van der Waals surface area (Å²) in [4.78, 5) is 38.5. The van der Waals surface area contributed by atoms with Crippen molar-refractivity contribution in [2.24, 2.45) is 0 Å². The number of aromatic carboxylic acids is 1. The normalized spacial score (nSPS) is 15.4. The first-order chi connectivity index (χ1) is 12.9. The number of anilines is 1. The minimum Gasteiger partial charge on any atom is -0.478 e. The number of rotatable bonds is 6. The quantitative estimate of drug-likeness (QED) is 0.550. The molecule has 2 heterocycles. The van der Waals surface area contributed by atoms with E-state index in [1.807, 2.05) is 17.5 Å². The summed E-state index contributed by atoms with van der Waals surface area (Å²) in [5.41, 5.74) is 0.478. The number of carboxylic acids is 1. The summed E-state index contributed by atoms with van der Waals surface area (Å²) in [5.74, 6) is -1.60. The van der Waals surface area contributed by atoms with Crippen molar-refractivity contribution >= 4 is 69.2 Å². The van der Waals surface area contributed by atoms with E-state index in [4.69, 9.17) is 17.3 Å². The van der Waals surface area contributed by atoms with Gasteiger partial charge in [0, 0.05) is 23.5 Å². The first kappa shape index (κ1) is 19.3. The van der Waals surface area contributed by atoms with Gasteiger partial charge >= 0.3 is 5.97 Å². The molecule has 1 aromatic carbocycles. The SMILES string of the molecule is O=C(CCN1C(=O)/C(=C\c2cccs2)SC1=S)Nc1cccc(C(=O)O)c1. The Morgan fingerprint density at radius 3 is 2.78 bits per heavy atom. The monoisotopic (exact) mass is 418 g/mol. The molecule has 0 aliphatic carbocycles. The average molecular weight is 419 g/mol. The van der Waals surface area contributed by atoms with Crippen LogP contribution in [-0.4, -0.2) is 38.7 Å². The van der Waals surface area contributed by atoms with E-state index in [-0.39, 0.29) is 30.3 Å². The van der Waals surface area contributed by atoms with E-state index in [9.17, 15) is 14.4 Å². The Morgan fingerprint density at radius 1 is 1.26 bits per heavy atom. The van der Waals surface area contributed by atoms with Gasteiger partial charge in [-0.05, 0) is 35.7 Å². The number of hydrogen-bond donors (Lipinski definition) is 2. The molecule has 3 rings (SSSR count). The summed E-state index contributed by atoms with van der Waals surface area (Å²) in [6.07, 6.45) is 1.84. The van der Waals surface area contributed by atoms with Gasteiger partial charge in [-0.25, -0.2) is 4.79 Å². The second-order valence-electron chi connectivity index (χ2n) is 5.53. The molecule has 1 aliphatic heterocycles. The van der Waals surface area contributed by atoms with Crippen molar-refractivity contribution in [3.8, 4) is 0 Å². The van der Waals surface area contributed by atoms with Crippen molar-refractivity contribution in [2.75, 3.05) is 11.9 Å². The number of carbonyl (C=O) groups excluding carboxylic acids is 2. The van der Waals surface area contributed by atoms with Crippen molar-refractivity contribution < 1.29 is 19.5 Å². The fraction of sp³-hybridized carbons (Fsp3) is 0.111. The van der Waals surface area contributed by atoms with Crippen LogP contribution in [0.2, 0.25) is 0 Å². The summed E-state index contributed by atoms with van der Waals surface area (Å²) in [5, 5.41) is 13.5. The third-order valence-electron chi connectivity index (χ3n) is 3.65. The van der Waals surface area contributed by atoms with Crippen molar-refractivity contribution in [1.82, 2.24) is 4.90 Å². The van der Waals surface area contributed by atoms with Crippen molar-refractivity contribution in [3.63, 3.8) is 0 Å². The molecule has 2 N–H and O–H groups in total. The van der Waals surface area contributed by atoms with Gasteiger partial charge in [0.2, 0.25) is 5.91 Å². The lowest BCUT2D eigenvalue weighted by atomic mass is 10.2. The van der Waals surface area contributed by atoms with Gasteiger partial charge in [-0.2, -0.15) is 0 Å². The zero-order chi connectivity index (χ0) is 19.4. The Kier molecular flexibility index (Phi) is 6.04. The topological polar surface area (TPSA) is 86.7 Å². The number of nitrogens with one attached hydrogen (secondary N) is 1. The maximum Gasteiger partial charge on any atom is 0.335 e. The van der Waals surface area contributed by atoms with E-state index in [1.54, 1.807) is 18.2 Å². The Labute approximate surface area is 168 Å². The Bertz CT molecular complexity index is 938. The maximum atomic E-state index is 12.5. The molecule has 2 amide bonds. The molecule has 138 valence electrons. The highest BCUT2D eigenvalue weighted by atomic mass is 32.2. The molecule has 6 nitrogen and oxygen atoms in total. The van der Waals surface area contributed by atoms with Crippen LogP contribution in [0.5, 0.6) is 0 Å². The predicted octanol–water partition coefficient (Wildman–Crippen LogP) is 3.68. The summed E-state index contributed by atoms with van der Waals surface area (Å²) < 4.78 is 0.420. The van der Waals surface area contributed by atoms with Crippen LogP contribution >= 0.6 is 35.3 Å². The van der Waals surface area contributed by atoms with Crippen LogP contribution in [-0.2, 0) is 9.59 Å². The van der Waals surface area contributed by atoms with Crippen LogP contribution in [0.15, 0.2) is 46.7 Å².